The van der Waals surface area contributed by atoms with Crippen LogP contribution in [0, 0.1) is 0 Å². The Kier molecular flexibility index (Phi) is 4.88. The molecule has 1 aromatic heterocycles. The summed E-state index contributed by atoms with van der Waals surface area (Å²) >= 11 is 0. The maximum atomic E-state index is 11.9. The van der Waals surface area contributed by atoms with Crippen molar-refractivity contribution < 1.29 is 17.9 Å². The Balaban J connectivity index is 2.61. The summed E-state index contributed by atoms with van der Waals surface area (Å²) in [5.74, 6) is 0.925. The highest BCUT2D eigenvalue weighted by atomic mass is 19.4. The molecular weight excluding hydrogens is 237 g/mol. The van der Waals surface area contributed by atoms with E-state index in [-0.39, 0.29) is 13.2 Å². The number of nitrogens with two attached hydrogens (primary N) is 1. The van der Waals surface area contributed by atoms with Crippen molar-refractivity contribution in [3.05, 3.63) is 11.6 Å². The van der Waals surface area contributed by atoms with E-state index in [1.807, 2.05) is 6.92 Å². The van der Waals surface area contributed by atoms with Crippen LogP contribution in [-0.2, 0) is 24.4 Å². The maximum Gasteiger partial charge on any atom is 0.411 e. The lowest BCUT2D eigenvalue weighted by molar-refractivity contribution is -0.177. The van der Waals surface area contributed by atoms with Gasteiger partial charge in [0.15, 0.2) is 5.82 Å². The first-order valence-corrected chi connectivity index (χ1v) is 5.23. The molecule has 5 nitrogen and oxygen atoms in total. The molecule has 0 bridgehead atoms. The van der Waals surface area contributed by atoms with Gasteiger partial charge in [-0.25, -0.2) is 0 Å². The zero-order chi connectivity index (χ0) is 12.9. The van der Waals surface area contributed by atoms with Gasteiger partial charge in [-0.2, -0.15) is 13.2 Å². The van der Waals surface area contributed by atoms with Crippen molar-refractivity contribution >= 4 is 0 Å². The van der Waals surface area contributed by atoms with Gasteiger partial charge in [-0.1, -0.05) is 6.92 Å². The van der Waals surface area contributed by atoms with Gasteiger partial charge < -0.3 is 15.0 Å². The van der Waals surface area contributed by atoms with Crippen LogP contribution in [0.4, 0.5) is 13.2 Å². The number of aromatic nitrogens is 3. The predicted molar refractivity (Wildman–Crippen MR) is 53.9 cm³/mol. The van der Waals surface area contributed by atoms with Crippen molar-refractivity contribution in [3.63, 3.8) is 0 Å². The summed E-state index contributed by atoms with van der Waals surface area (Å²) in [5, 5.41) is 7.56. The second-order valence-electron chi connectivity index (χ2n) is 3.50. The summed E-state index contributed by atoms with van der Waals surface area (Å²) < 4.78 is 41.9. The normalized spacial score (nSPS) is 12.1. The molecule has 0 unspecified atom stereocenters. The topological polar surface area (TPSA) is 66.0 Å². The second-order valence-corrected chi connectivity index (χ2v) is 3.50. The monoisotopic (exact) mass is 252 g/mol. The number of halogens is 3. The van der Waals surface area contributed by atoms with Gasteiger partial charge in [-0.05, 0) is 6.42 Å². The van der Waals surface area contributed by atoms with Crippen molar-refractivity contribution in [1.82, 2.24) is 14.8 Å². The third kappa shape index (κ3) is 4.31. The molecule has 0 aliphatic rings. The Hall–Kier alpha value is -1.15. The van der Waals surface area contributed by atoms with Gasteiger partial charge in [0.2, 0.25) is 0 Å². The lowest BCUT2D eigenvalue weighted by Gasteiger charge is -2.09. The van der Waals surface area contributed by atoms with Crippen LogP contribution in [0.2, 0.25) is 0 Å². The smallest absolute Gasteiger partial charge is 0.364 e. The minimum atomic E-state index is -4.33. The molecule has 0 fully saturated rings. The van der Waals surface area contributed by atoms with Crippen LogP contribution in [0.25, 0.3) is 0 Å². The fraction of sp³-hybridized carbons (Fsp3) is 0.778. The predicted octanol–water partition coefficient (Wildman–Crippen LogP) is 1.23. The first kappa shape index (κ1) is 13.9. The molecule has 17 heavy (non-hydrogen) atoms. The third-order valence-corrected chi connectivity index (χ3v) is 2.03. The Morgan fingerprint density at radius 2 is 1.94 bits per heavy atom. The van der Waals surface area contributed by atoms with Gasteiger partial charge in [-0.15, -0.1) is 10.2 Å². The van der Waals surface area contributed by atoms with Crippen molar-refractivity contribution in [1.29, 1.82) is 0 Å². The summed E-state index contributed by atoms with van der Waals surface area (Å²) in [7, 11) is 0. The van der Waals surface area contributed by atoms with Crippen LogP contribution in [0.15, 0.2) is 0 Å². The van der Waals surface area contributed by atoms with Crippen LogP contribution < -0.4 is 5.73 Å². The number of hydrogen-bond donors (Lipinski definition) is 1. The minimum Gasteiger partial charge on any atom is -0.364 e. The molecule has 1 heterocycles. The van der Waals surface area contributed by atoms with E-state index in [1.54, 1.807) is 4.57 Å². The molecule has 0 saturated carbocycles. The van der Waals surface area contributed by atoms with Crippen LogP contribution in [0.3, 0.4) is 0 Å². The number of rotatable bonds is 6. The third-order valence-electron chi connectivity index (χ3n) is 2.03. The molecule has 1 rings (SSSR count). The summed E-state index contributed by atoms with van der Waals surface area (Å²) in [6.07, 6.45) is -3.51. The van der Waals surface area contributed by atoms with Crippen LogP contribution >= 0.6 is 0 Å². The molecule has 0 aliphatic carbocycles. The molecule has 0 radical (unpaired) electrons. The summed E-state index contributed by atoms with van der Waals surface area (Å²) in [5.41, 5.74) is 5.45. The van der Waals surface area contributed by atoms with E-state index < -0.39 is 12.8 Å². The van der Waals surface area contributed by atoms with Gasteiger partial charge >= 0.3 is 6.18 Å². The average molecular weight is 252 g/mol. The standard InChI is InChI=1S/C9H15F3N4O/c1-2-3-16-7(4-13)14-15-8(16)5-17-6-9(10,11)12/h2-6,13H2,1H3. The number of nitrogens with zero attached hydrogens (tertiary/aromatic N) is 3. The molecular formula is C9H15F3N4O. The van der Waals surface area contributed by atoms with Gasteiger partial charge in [0, 0.05) is 6.54 Å². The molecule has 1 aromatic rings. The highest BCUT2D eigenvalue weighted by Gasteiger charge is 2.27. The van der Waals surface area contributed by atoms with Gasteiger partial charge in [0.25, 0.3) is 0 Å². The Morgan fingerprint density at radius 1 is 1.29 bits per heavy atom. The van der Waals surface area contributed by atoms with Crippen LogP contribution in [-0.4, -0.2) is 27.5 Å². The first-order chi connectivity index (χ1) is 7.98. The molecule has 0 atom stereocenters. The quantitative estimate of drug-likeness (QED) is 0.826. The highest BCUT2D eigenvalue weighted by Crippen LogP contribution is 2.15. The largest absolute Gasteiger partial charge is 0.411 e. The Bertz CT molecular complexity index is 351. The molecule has 0 amide bonds. The molecule has 0 saturated heterocycles. The van der Waals surface area contributed by atoms with Gasteiger partial charge in [0.1, 0.15) is 19.0 Å². The van der Waals surface area contributed by atoms with Crippen molar-refractivity contribution in [2.75, 3.05) is 6.61 Å². The molecule has 2 N–H and O–H groups in total. The van der Waals surface area contributed by atoms with E-state index in [4.69, 9.17) is 5.73 Å². The number of ether oxygens (including phenoxy) is 1. The molecule has 0 aromatic carbocycles. The Labute approximate surface area is 96.8 Å². The zero-order valence-corrected chi connectivity index (χ0v) is 9.50. The van der Waals surface area contributed by atoms with E-state index in [0.29, 0.717) is 18.2 Å². The highest BCUT2D eigenvalue weighted by molar-refractivity contribution is 4.94. The lowest BCUT2D eigenvalue weighted by atomic mass is 10.4. The number of alkyl halides is 3. The molecule has 8 heteroatoms. The minimum absolute atomic E-state index is 0.201. The van der Waals surface area contributed by atoms with E-state index in [1.165, 1.54) is 0 Å². The zero-order valence-electron chi connectivity index (χ0n) is 9.50. The van der Waals surface area contributed by atoms with Gasteiger partial charge in [0.05, 0.1) is 6.54 Å². The van der Waals surface area contributed by atoms with Crippen LogP contribution in [0.1, 0.15) is 25.0 Å². The SMILES string of the molecule is CCCn1c(CN)nnc1COCC(F)(F)F. The number of hydrogen-bond acceptors (Lipinski definition) is 4. The van der Waals surface area contributed by atoms with E-state index in [9.17, 15) is 13.2 Å². The van der Waals surface area contributed by atoms with E-state index in [2.05, 4.69) is 14.9 Å². The summed E-state index contributed by atoms with van der Waals surface area (Å²) in [6, 6.07) is 0. The molecule has 98 valence electrons. The van der Waals surface area contributed by atoms with Crippen LogP contribution in [0.5, 0.6) is 0 Å². The first-order valence-electron chi connectivity index (χ1n) is 5.23. The second kappa shape index (κ2) is 5.97. The van der Waals surface area contributed by atoms with E-state index in [0.717, 1.165) is 6.42 Å². The average Bonchev–Trinajstić information content (AvgIpc) is 2.60. The fourth-order valence-corrected chi connectivity index (χ4v) is 1.37. The van der Waals surface area contributed by atoms with Crippen molar-refractivity contribution in [3.8, 4) is 0 Å². The maximum absolute atomic E-state index is 11.9. The van der Waals surface area contributed by atoms with Gasteiger partial charge in [-0.3, -0.25) is 0 Å². The van der Waals surface area contributed by atoms with Crippen molar-refractivity contribution in [2.45, 2.75) is 39.2 Å². The fourth-order valence-electron chi connectivity index (χ4n) is 1.37. The van der Waals surface area contributed by atoms with Crippen molar-refractivity contribution in [2.24, 2.45) is 5.73 Å². The lowest BCUT2D eigenvalue weighted by Crippen LogP contribution is -2.18. The molecule has 0 spiro atoms. The summed E-state index contributed by atoms with van der Waals surface area (Å²) in [6.45, 7) is 1.26. The molecule has 0 aliphatic heterocycles. The Morgan fingerprint density at radius 3 is 2.47 bits per heavy atom. The van der Waals surface area contributed by atoms with E-state index >= 15 is 0 Å². The summed E-state index contributed by atoms with van der Waals surface area (Å²) in [4.78, 5) is 0.